The van der Waals surface area contributed by atoms with Gasteiger partial charge in [-0.05, 0) is 25.8 Å². The Labute approximate surface area is 94.8 Å². The highest BCUT2D eigenvalue weighted by atomic mass is 19.4. The Morgan fingerprint density at radius 3 is 2.25 bits per heavy atom. The van der Waals surface area contributed by atoms with Crippen molar-refractivity contribution in [2.45, 2.75) is 56.7 Å². The summed E-state index contributed by atoms with van der Waals surface area (Å²) in [6.45, 7) is 0.589. The molecule has 0 aliphatic heterocycles. The van der Waals surface area contributed by atoms with E-state index in [1.807, 2.05) is 0 Å². The Kier molecular flexibility index (Phi) is 5.05. The van der Waals surface area contributed by atoms with Gasteiger partial charge in [-0.1, -0.05) is 19.3 Å². The van der Waals surface area contributed by atoms with Crippen molar-refractivity contribution in [3.8, 4) is 0 Å². The number of nitrogens with one attached hydrogen (secondary N) is 1. The second kappa shape index (κ2) is 5.87. The largest absolute Gasteiger partial charge is 0.390 e. The van der Waals surface area contributed by atoms with Gasteiger partial charge in [0, 0.05) is 12.1 Å². The summed E-state index contributed by atoms with van der Waals surface area (Å²) in [5, 5.41) is 2.81. The molecule has 1 fully saturated rings. The van der Waals surface area contributed by atoms with E-state index >= 15 is 0 Å². The highest BCUT2D eigenvalue weighted by Gasteiger charge is 2.28. The highest BCUT2D eigenvalue weighted by Crippen LogP contribution is 2.28. The maximum atomic E-state index is 11.8. The fraction of sp³-hybridized carbons (Fsp3) is 1.00. The predicted octanol–water partition coefficient (Wildman–Crippen LogP) is 2.58. The van der Waals surface area contributed by atoms with Crippen LogP contribution in [0.4, 0.5) is 13.2 Å². The van der Waals surface area contributed by atoms with E-state index in [-0.39, 0.29) is 12.1 Å². The van der Waals surface area contributed by atoms with Crippen molar-refractivity contribution in [2.75, 3.05) is 13.1 Å². The lowest BCUT2D eigenvalue weighted by Gasteiger charge is -2.33. The maximum absolute atomic E-state index is 11.8. The molecule has 0 unspecified atom stereocenters. The van der Waals surface area contributed by atoms with Crippen LogP contribution in [-0.4, -0.2) is 24.8 Å². The van der Waals surface area contributed by atoms with Gasteiger partial charge in [-0.2, -0.15) is 13.2 Å². The first-order valence-electron chi connectivity index (χ1n) is 5.98. The molecule has 0 aromatic rings. The highest BCUT2D eigenvalue weighted by molar-refractivity contribution is 4.87. The van der Waals surface area contributed by atoms with Crippen molar-refractivity contribution in [1.82, 2.24) is 5.32 Å². The normalized spacial score (nSPS) is 21.0. The van der Waals surface area contributed by atoms with Crippen molar-refractivity contribution in [3.63, 3.8) is 0 Å². The molecule has 3 N–H and O–H groups in total. The number of halogens is 3. The minimum atomic E-state index is -4.06. The second-order valence-corrected chi connectivity index (χ2v) is 4.79. The molecule has 0 spiro atoms. The molecule has 5 heteroatoms. The topological polar surface area (TPSA) is 38.0 Å². The summed E-state index contributed by atoms with van der Waals surface area (Å²) >= 11 is 0. The minimum absolute atomic E-state index is 0.000417. The Morgan fingerprint density at radius 1 is 1.06 bits per heavy atom. The van der Waals surface area contributed by atoms with Gasteiger partial charge in [-0.25, -0.2) is 0 Å². The van der Waals surface area contributed by atoms with Crippen molar-refractivity contribution in [2.24, 2.45) is 5.73 Å². The number of rotatable bonds is 5. The molecule has 0 bridgehead atoms. The van der Waals surface area contributed by atoms with Gasteiger partial charge in [0.1, 0.15) is 0 Å². The molecular weight excluding hydrogens is 217 g/mol. The quantitative estimate of drug-likeness (QED) is 0.722. The lowest BCUT2D eigenvalue weighted by Crippen LogP contribution is -2.44. The Morgan fingerprint density at radius 2 is 1.69 bits per heavy atom. The van der Waals surface area contributed by atoms with Crippen LogP contribution in [0.3, 0.4) is 0 Å². The molecule has 96 valence electrons. The van der Waals surface area contributed by atoms with Crippen molar-refractivity contribution in [1.29, 1.82) is 0 Å². The third-order valence-corrected chi connectivity index (χ3v) is 3.23. The van der Waals surface area contributed by atoms with Gasteiger partial charge in [0.25, 0.3) is 0 Å². The van der Waals surface area contributed by atoms with Crippen LogP contribution < -0.4 is 11.1 Å². The Hall–Kier alpha value is -0.290. The molecule has 0 atom stereocenters. The van der Waals surface area contributed by atoms with Gasteiger partial charge in [0.05, 0.1) is 6.42 Å². The van der Waals surface area contributed by atoms with Gasteiger partial charge in [0.2, 0.25) is 0 Å². The van der Waals surface area contributed by atoms with E-state index in [0.717, 1.165) is 32.1 Å². The molecule has 1 rings (SSSR count). The summed E-state index contributed by atoms with van der Waals surface area (Å²) in [6.07, 6.45) is 1.52. The minimum Gasteiger partial charge on any atom is -0.325 e. The van der Waals surface area contributed by atoms with E-state index in [2.05, 4.69) is 5.32 Å². The number of hydrogen-bond acceptors (Lipinski definition) is 2. The third-order valence-electron chi connectivity index (χ3n) is 3.23. The first kappa shape index (κ1) is 13.8. The van der Waals surface area contributed by atoms with Crippen LogP contribution in [0.5, 0.6) is 0 Å². The summed E-state index contributed by atoms with van der Waals surface area (Å²) in [5.41, 5.74) is 6.03. The molecule has 0 heterocycles. The van der Waals surface area contributed by atoms with E-state index in [1.165, 1.54) is 6.42 Å². The van der Waals surface area contributed by atoms with Crippen LogP contribution in [0.2, 0.25) is 0 Å². The number of alkyl halides is 3. The molecule has 0 aromatic heterocycles. The fourth-order valence-corrected chi connectivity index (χ4v) is 2.20. The number of hydrogen-bond donors (Lipinski definition) is 2. The molecule has 1 aliphatic rings. The molecule has 1 aliphatic carbocycles. The first-order valence-corrected chi connectivity index (χ1v) is 5.98. The summed E-state index contributed by atoms with van der Waals surface area (Å²) in [5.74, 6) is 0. The zero-order chi connectivity index (χ0) is 12.1. The molecule has 2 nitrogen and oxygen atoms in total. The molecule has 0 radical (unpaired) electrons. The zero-order valence-electron chi connectivity index (χ0n) is 9.58. The average molecular weight is 238 g/mol. The average Bonchev–Trinajstić information content (AvgIpc) is 2.16. The lowest BCUT2D eigenvalue weighted by molar-refractivity contribution is -0.133. The van der Waals surface area contributed by atoms with Crippen molar-refractivity contribution < 1.29 is 13.2 Å². The summed E-state index contributed by atoms with van der Waals surface area (Å²) < 4.78 is 35.5. The third kappa shape index (κ3) is 5.70. The first-order chi connectivity index (χ1) is 7.41. The zero-order valence-corrected chi connectivity index (χ0v) is 9.58. The second-order valence-electron chi connectivity index (χ2n) is 4.79. The molecular formula is C11H21F3N2. The van der Waals surface area contributed by atoms with Crippen LogP contribution in [-0.2, 0) is 0 Å². The van der Waals surface area contributed by atoms with E-state index < -0.39 is 12.6 Å². The van der Waals surface area contributed by atoms with E-state index in [1.54, 1.807) is 0 Å². The lowest BCUT2D eigenvalue weighted by atomic mass is 9.80. The Bertz CT molecular complexity index is 198. The maximum Gasteiger partial charge on any atom is 0.390 e. The molecule has 16 heavy (non-hydrogen) atoms. The van der Waals surface area contributed by atoms with Gasteiger partial charge >= 0.3 is 6.18 Å². The van der Waals surface area contributed by atoms with Crippen LogP contribution >= 0.6 is 0 Å². The molecule has 0 amide bonds. The Balaban J connectivity index is 2.06. The molecule has 0 aromatic carbocycles. The summed E-state index contributed by atoms with van der Waals surface area (Å²) in [4.78, 5) is 0. The van der Waals surface area contributed by atoms with E-state index in [4.69, 9.17) is 5.73 Å². The van der Waals surface area contributed by atoms with Gasteiger partial charge in [-0.3, -0.25) is 0 Å². The SMILES string of the molecule is NC1(CCNCCC(F)(F)F)CCCCC1. The predicted molar refractivity (Wildman–Crippen MR) is 58.2 cm³/mol. The standard InChI is InChI=1S/C11H21F3N2/c12-11(13,14)7-9-16-8-6-10(15)4-2-1-3-5-10/h16H,1-9,15H2. The molecule has 0 saturated heterocycles. The van der Waals surface area contributed by atoms with E-state index in [9.17, 15) is 13.2 Å². The van der Waals surface area contributed by atoms with Gasteiger partial charge < -0.3 is 11.1 Å². The number of nitrogens with two attached hydrogens (primary N) is 1. The van der Waals surface area contributed by atoms with Crippen LogP contribution in [0, 0.1) is 0 Å². The summed E-state index contributed by atoms with van der Waals surface area (Å²) in [7, 11) is 0. The smallest absolute Gasteiger partial charge is 0.325 e. The van der Waals surface area contributed by atoms with Crippen LogP contribution in [0.15, 0.2) is 0 Å². The fourth-order valence-electron chi connectivity index (χ4n) is 2.20. The van der Waals surface area contributed by atoms with Crippen molar-refractivity contribution in [3.05, 3.63) is 0 Å². The van der Waals surface area contributed by atoms with Crippen LogP contribution in [0.1, 0.15) is 44.9 Å². The van der Waals surface area contributed by atoms with Crippen molar-refractivity contribution >= 4 is 0 Å². The van der Waals surface area contributed by atoms with Crippen LogP contribution in [0.25, 0.3) is 0 Å². The van der Waals surface area contributed by atoms with E-state index in [0.29, 0.717) is 6.54 Å². The monoisotopic (exact) mass is 238 g/mol. The summed E-state index contributed by atoms with van der Waals surface area (Å²) in [6, 6.07) is 0. The van der Waals surface area contributed by atoms with Gasteiger partial charge in [0.15, 0.2) is 0 Å². The van der Waals surface area contributed by atoms with Gasteiger partial charge in [-0.15, -0.1) is 0 Å². The molecule has 1 saturated carbocycles.